The van der Waals surface area contributed by atoms with Gasteiger partial charge in [-0.25, -0.2) is 0 Å². The third-order valence-electron chi connectivity index (χ3n) is 4.59. The molecule has 3 heteroatoms. The number of hydrogen-bond donors (Lipinski definition) is 0. The van der Waals surface area contributed by atoms with Gasteiger partial charge >= 0.3 is 0 Å². The number of rotatable bonds is 5. The minimum absolute atomic E-state index is 0.617. The van der Waals surface area contributed by atoms with Gasteiger partial charge in [-0.3, -0.25) is 0 Å². The molecule has 0 N–H and O–H groups in total. The molecule has 102 valence electrons. The van der Waals surface area contributed by atoms with E-state index in [0.717, 1.165) is 5.92 Å². The van der Waals surface area contributed by atoms with Crippen molar-refractivity contribution in [2.75, 3.05) is 47.8 Å². The van der Waals surface area contributed by atoms with E-state index in [-0.39, 0.29) is 0 Å². The Morgan fingerprint density at radius 2 is 1.59 bits per heavy atom. The molecule has 0 radical (unpaired) electrons. The van der Waals surface area contributed by atoms with Crippen molar-refractivity contribution >= 4 is 0 Å². The van der Waals surface area contributed by atoms with Crippen LogP contribution in [0, 0.1) is 5.92 Å². The van der Waals surface area contributed by atoms with Gasteiger partial charge in [0.15, 0.2) is 0 Å². The zero-order valence-corrected chi connectivity index (χ0v) is 12.6. The highest BCUT2D eigenvalue weighted by Gasteiger charge is 2.23. The van der Waals surface area contributed by atoms with E-state index in [2.05, 4.69) is 56.7 Å². The van der Waals surface area contributed by atoms with Gasteiger partial charge in [0, 0.05) is 18.6 Å². The van der Waals surface area contributed by atoms with Crippen molar-refractivity contribution in [1.29, 1.82) is 0 Å². The Morgan fingerprint density at radius 3 is 2.06 bits per heavy atom. The first-order valence-corrected chi connectivity index (χ1v) is 6.97. The third kappa shape index (κ3) is 4.57. The standard InChI is InChI=1S/C14H31N3/c1-12(15(3)4)13(2)17(6)11-14-7-9-16(5)10-8-14/h12-14H,7-11H2,1-6H3. The molecule has 0 aromatic heterocycles. The molecule has 0 saturated carbocycles. The maximum atomic E-state index is 2.54. The van der Waals surface area contributed by atoms with Crippen molar-refractivity contribution in [2.45, 2.75) is 38.8 Å². The van der Waals surface area contributed by atoms with E-state index in [9.17, 15) is 0 Å². The zero-order valence-electron chi connectivity index (χ0n) is 12.6. The normalized spacial score (nSPS) is 23.3. The van der Waals surface area contributed by atoms with E-state index in [1.807, 2.05) is 0 Å². The first-order chi connectivity index (χ1) is 7.91. The minimum Gasteiger partial charge on any atom is -0.306 e. The average Bonchev–Trinajstić information content (AvgIpc) is 2.30. The lowest BCUT2D eigenvalue weighted by Gasteiger charge is -2.37. The summed E-state index contributed by atoms with van der Waals surface area (Å²) in [5.74, 6) is 0.896. The third-order valence-corrected chi connectivity index (χ3v) is 4.59. The second-order valence-corrected chi connectivity index (χ2v) is 6.13. The van der Waals surface area contributed by atoms with Crippen LogP contribution in [-0.2, 0) is 0 Å². The van der Waals surface area contributed by atoms with Crippen LogP contribution in [0.5, 0.6) is 0 Å². The monoisotopic (exact) mass is 241 g/mol. The number of likely N-dealkylation sites (tertiary alicyclic amines) is 1. The summed E-state index contributed by atoms with van der Waals surface area (Å²) in [6, 6.07) is 1.25. The highest BCUT2D eigenvalue weighted by Crippen LogP contribution is 2.18. The molecule has 0 aliphatic carbocycles. The molecular formula is C14H31N3. The van der Waals surface area contributed by atoms with E-state index in [1.54, 1.807) is 0 Å². The molecule has 2 atom stereocenters. The first kappa shape index (κ1) is 14.9. The Bertz CT molecular complexity index is 210. The molecule has 0 amide bonds. The van der Waals surface area contributed by atoms with Gasteiger partial charge in [-0.1, -0.05) is 0 Å². The summed E-state index contributed by atoms with van der Waals surface area (Å²) >= 11 is 0. The van der Waals surface area contributed by atoms with Crippen LogP contribution < -0.4 is 0 Å². The molecule has 1 fully saturated rings. The van der Waals surface area contributed by atoms with Crippen LogP contribution in [0.3, 0.4) is 0 Å². The second-order valence-electron chi connectivity index (χ2n) is 6.13. The fourth-order valence-corrected chi connectivity index (χ4v) is 2.62. The van der Waals surface area contributed by atoms with Crippen LogP contribution in [0.25, 0.3) is 0 Å². The molecule has 1 saturated heterocycles. The van der Waals surface area contributed by atoms with Crippen LogP contribution in [0.15, 0.2) is 0 Å². The summed E-state index contributed by atoms with van der Waals surface area (Å²) in [7, 11) is 8.86. The molecular weight excluding hydrogens is 210 g/mol. The highest BCUT2D eigenvalue weighted by atomic mass is 15.2. The topological polar surface area (TPSA) is 9.72 Å². The fraction of sp³-hybridized carbons (Fsp3) is 1.00. The number of hydrogen-bond acceptors (Lipinski definition) is 3. The van der Waals surface area contributed by atoms with Crippen LogP contribution >= 0.6 is 0 Å². The number of piperidine rings is 1. The lowest BCUT2D eigenvalue weighted by Crippen LogP contribution is -2.47. The van der Waals surface area contributed by atoms with Crippen LogP contribution in [0.4, 0.5) is 0 Å². The average molecular weight is 241 g/mol. The Balaban J connectivity index is 2.35. The molecule has 0 spiro atoms. The molecule has 2 unspecified atom stereocenters. The van der Waals surface area contributed by atoms with Crippen molar-refractivity contribution in [2.24, 2.45) is 5.92 Å². The largest absolute Gasteiger partial charge is 0.306 e. The van der Waals surface area contributed by atoms with Gasteiger partial charge < -0.3 is 14.7 Å². The summed E-state index contributed by atoms with van der Waals surface area (Å²) in [5, 5.41) is 0. The lowest BCUT2D eigenvalue weighted by atomic mass is 9.95. The maximum absolute atomic E-state index is 2.54. The van der Waals surface area contributed by atoms with Gasteiger partial charge in [-0.2, -0.15) is 0 Å². The van der Waals surface area contributed by atoms with Crippen molar-refractivity contribution in [3.05, 3.63) is 0 Å². The van der Waals surface area contributed by atoms with Crippen molar-refractivity contribution < 1.29 is 0 Å². The van der Waals surface area contributed by atoms with Gasteiger partial charge in [-0.15, -0.1) is 0 Å². The highest BCUT2D eigenvalue weighted by molar-refractivity contribution is 4.79. The summed E-state index contributed by atoms with van der Waals surface area (Å²) in [5.41, 5.74) is 0. The zero-order chi connectivity index (χ0) is 13.0. The maximum Gasteiger partial charge on any atom is 0.0217 e. The van der Waals surface area contributed by atoms with Crippen molar-refractivity contribution in [3.63, 3.8) is 0 Å². The predicted octanol–water partition coefficient (Wildman–Crippen LogP) is 1.60. The number of nitrogens with zero attached hydrogens (tertiary/aromatic N) is 3. The predicted molar refractivity (Wildman–Crippen MR) is 75.5 cm³/mol. The Morgan fingerprint density at radius 1 is 1.06 bits per heavy atom. The fourth-order valence-electron chi connectivity index (χ4n) is 2.62. The molecule has 3 nitrogen and oxygen atoms in total. The molecule has 0 bridgehead atoms. The first-order valence-electron chi connectivity index (χ1n) is 6.97. The van der Waals surface area contributed by atoms with Gasteiger partial charge in [0.1, 0.15) is 0 Å². The van der Waals surface area contributed by atoms with Crippen molar-refractivity contribution in [1.82, 2.24) is 14.7 Å². The quantitative estimate of drug-likeness (QED) is 0.724. The van der Waals surface area contributed by atoms with Gasteiger partial charge in [0.25, 0.3) is 0 Å². The second kappa shape index (κ2) is 6.72. The molecule has 1 aliphatic heterocycles. The van der Waals surface area contributed by atoms with Gasteiger partial charge in [-0.05, 0) is 73.9 Å². The summed E-state index contributed by atoms with van der Waals surface area (Å²) in [6.45, 7) is 8.47. The molecule has 1 rings (SSSR count). The SMILES string of the molecule is CC(C(C)N(C)CC1CCN(C)CC1)N(C)C. The summed E-state index contributed by atoms with van der Waals surface area (Å²) in [4.78, 5) is 7.30. The smallest absolute Gasteiger partial charge is 0.0217 e. The molecule has 17 heavy (non-hydrogen) atoms. The molecule has 0 aromatic carbocycles. The number of likely N-dealkylation sites (N-methyl/N-ethyl adjacent to an activating group) is 2. The Kier molecular flexibility index (Phi) is 5.90. The van der Waals surface area contributed by atoms with Gasteiger partial charge in [0.05, 0.1) is 0 Å². The Labute approximate surface area is 108 Å². The van der Waals surface area contributed by atoms with Crippen LogP contribution in [-0.4, -0.2) is 74.6 Å². The molecule has 0 aromatic rings. The lowest BCUT2D eigenvalue weighted by molar-refractivity contribution is 0.113. The summed E-state index contributed by atoms with van der Waals surface area (Å²) in [6.07, 6.45) is 2.73. The van der Waals surface area contributed by atoms with E-state index >= 15 is 0 Å². The summed E-state index contributed by atoms with van der Waals surface area (Å²) < 4.78 is 0. The van der Waals surface area contributed by atoms with E-state index in [0.29, 0.717) is 12.1 Å². The van der Waals surface area contributed by atoms with E-state index in [1.165, 1.54) is 32.5 Å². The minimum atomic E-state index is 0.617. The van der Waals surface area contributed by atoms with Crippen LogP contribution in [0.1, 0.15) is 26.7 Å². The van der Waals surface area contributed by atoms with Gasteiger partial charge in [0.2, 0.25) is 0 Å². The van der Waals surface area contributed by atoms with Crippen LogP contribution in [0.2, 0.25) is 0 Å². The van der Waals surface area contributed by atoms with E-state index < -0.39 is 0 Å². The Hall–Kier alpha value is -0.120. The van der Waals surface area contributed by atoms with E-state index in [4.69, 9.17) is 0 Å². The molecule has 1 aliphatic rings. The van der Waals surface area contributed by atoms with Crippen molar-refractivity contribution in [3.8, 4) is 0 Å². The molecule has 1 heterocycles.